The minimum Gasteiger partial charge on any atom is -0.493 e. The van der Waals surface area contributed by atoms with E-state index in [9.17, 15) is 16.8 Å². The highest BCUT2D eigenvalue weighted by Crippen LogP contribution is 2.35. The lowest BCUT2D eigenvalue weighted by Gasteiger charge is -2.10. The molecule has 0 saturated carbocycles. The second kappa shape index (κ2) is 5.08. The molecule has 0 heterocycles. The summed E-state index contributed by atoms with van der Waals surface area (Å²) in [5.74, 6) is -0.485. The van der Waals surface area contributed by atoms with Gasteiger partial charge in [-0.15, -0.1) is 3.89 Å². The normalized spacial score (nSPS) is 11.2. The first-order valence-electron chi connectivity index (χ1n) is 3.98. The van der Waals surface area contributed by atoms with Crippen molar-refractivity contribution in [3.8, 4) is 11.5 Å². The van der Waals surface area contributed by atoms with Crippen molar-refractivity contribution < 1.29 is 31.2 Å². The molecule has 0 fully saturated rings. The van der Waals surface area contributed by atoms with Crippen LogP contribution in [-0.2, 0) is 15.2 Å². The molecule has 1 aromatic carbocycles. The zero-order valence-corrected chi connectivity index (χ0v) is 8.96. The Balaban J connectivity index is 3.26. The summed E-state index contributed by atoms with van der Waals surface area (Å²) in [6, 6.07) is 3.56. The van der Waals surface area contributed by atoms with E-state index in [1.807, 2.05) is 0 Å². The lowest BCUT2D eigenvalue weighted by Crippen LogP contribution is -2.04. The van der Waals surface area contributed by atoms with Gasteiger partial charge in [-0.05, 0) is 16.7 Å². The SMILES string of the molecule is COc1cccc(S(=O)(=O)F)c1OCOF. The molecule has 0 atom stereocenters. The van der Waals surface area contributed by atoms with Crippen LogP contribution in [0.1, 0.15) is 0 Å². The highest BCUT2D eigenvalue weighted by atomic mass is 32.3. The maximum absolute atomic E-state index is 12.8. The largest absolute Gasteiger partial charge is 0.493 e. The molecule has 0 radical (unpaired) electrons. The summed E-state index contributed by atoms with van der Waals surface area (Å²) in [5.41, 5.74) is 0. The highest BCUT2D eigenvalue weighted by Gasteiger charge is 2.22. The van der Waals surface area contributed by atoms with Gasteiger partial charge >= 0.3 is 10.2 Å². The summed E-state index contributed by atoms with van der Waals surface area (Å²) < 4.78 is 55.1. The van der Waals surface area contributed by atoms with Crippen LogP contribution in [0.4, 0.5) is 8.41 Å². The van der Waals surface area contributed by atoms with E-state index in [1.54, 1.807) is 0 Å². The minimum atomic E-state index is -4.98. The van der Waals surface area contributed by atoms with Gasteiger partial charge in [-0.1, -0.05) is 6.07 Å². The third-order valence-electron chi connectivity index (χ3n) is 1.67. The fourth-order valence-electron chi connectivity index (χ4n) is 1.07. The Morgan fingerprint density at radius 1 is 1.38 bits per heavy atom. The van der Waals surface area contributed by atoms with Crippen molar-refractivity contribution in [2.45, 2.75) is 4.90 Å². The van der Waals surface area contributed by atoms with E-state index in [2.05, 4.69) is 9.68 Å². The van der Waals surface area contributed by atoms with Gasteiger partial charge in [0, 0.05) is 0 Å². The van der Waals surface area contributed by atoms with E-state index in [1.165, 1.54) is 19.2 Å². The third kappa shape index (κ3) is 2.80. The van der Waals surface area contributed by atoms with Gasteiger partial charge in [0.15, 0.2) is 11.5 Å². The Bertz CT molecular complexity index is 459. The molecule has 1 aromatic rings. The minimum absolute atomic E-state index is 0.0456. The third-order valence-corrected chi connectivity index (χ3v) is 2.52. The first-order valence-corrected chi connectivity index (χ1v) is 5.37. The van der Waals surface area contributed by atoms with Crippen molar-refractivity contribution in [3.05, 3.63) is 18.2 Å². The molecule has 8 heteroatoms. The quantitative estimate of drug-likeness (QED) is 0.589. The molecule has 5 nitrogen and oxygen atoms in total. The molecule has 0 N–H and O–H groups in total. The Hall–Kier alpha value is -1.41. The summed E-state index contributed by atoms with van der Waals surface area (Å²) >= 11 is 0. The molecule has 16 heavy (non-hydrogen) atoms. The van der Waals surface area contributed by atoms with Gasteiger partial charge in [0.25, 0.3) is 0 Å². The molecule has 0 aliphatic carbocycles. The molecule has 0 aliphatic heterocycles. The molecular formula is C8H8F2O5S. The van der Waals surface area contributed by atoms with Crippen LogP contribution in [0.5, 0.6) is 11.5 Å². The number of halogens is 2. The summed E-state index contributed by atoms with van der Waals surface area (Å²) in [7, 11) is -3.75. The summed E-state index contributed by atoms with van der Waals surface area (Å²) in [4.78, 5) is 2.37. The Kier molecular flexibility index (Phi) is 4.02. The van der Waals surface area contributed by atoms with Gasteiger partial charge in [-0.2, -0.15) is 13.4 Å². The number of methoxy groups -OCH3 is 1. The summed E-state index contributed by atoms with van der Waals surface area (Å²) in [5, 5.41) is 0. The van der Waals surface area contributed by atoms with Crippen LogP contribution in [0, 0.1) is 0 Å². The predicted octanol–water partition coefficient (Wildman–Crippen LogP) is 1.59. The average Bonchev–Trinajstić information content (AvgIpc) is 2.24. The second-order valence-corrected chi connectivity index (χ2v) is 3.91. The van der Waals surface area contributed by atoms with Crippen molar-refractivity contribution in [2.75, 3.05) is 13.9 Å². The van der Waals surface area contributed by atoms with E-state index in [0.717, 1.165) is 6.07 Å². The topological polar surface area (TPSA) is 61.8 Å². The number of ether oxygens (including phenoxy) is 2. The fourth-order valence-corrected chi connectivity index (χ4v) is 1.69. The molecule has 0 spiro atoms. The van der Waals surface area contributed by atoms with Gasteiger partial charge in [0.1, 0.15) is 4.90 Å². The van der Waals surface area contributed by atoms with Gasteiger partial charge in [-0.3, -0.25) is 0 Å². The maximum atomic E-state index is 12.8. The molecule has 0 amide bonds. The first-order chi connectivity index (χ1) is 7.50. The average molecular weight is 254 g/mol. The van der Waals surface area contributed by atoms with Crippen LogP contribution in [-0.4, -0.2) is 22.3 Å². The van der Waals surface area contributed by atoms with Crippen LogP contribution in [0.3, 0.4) is 0 Å². The van der Waals surface area contributed by atoms with Gasteiger partial charge in [0.05, 0.1) is 7.11 Å². The molecule has 90 valence electrons. The van der Waals surface area contributed by atoms with E-state index in [-0.39, 0.29) is 5.75 Å². The van der Waals surface area contributed by atoms with E-state index < -0.39 is 27.7 Å². The monoisotopic (exact) mass is 254 g/mol. The second-order valence-electron chi connectivity index (χ2n) is 2.60. The Labute approximate surface area is 90.7 Å². The standard InChI is InChI=1S/C8H8F2O5S/c1-13-6-3-2-4-7(16(10,11)12)8(6)14-5-15-9/h2-4H,5H2,1H3. The zero-order chi connectivity index (χ0) is 12.2. The van der Waals surface area contributed by atoms with Gasteiger partial charge < -0.3 is 9.47 Å². The zero-order valence-electron chi connectivity index (χ0n) is 8.14. The molecule has 0 aliphatic rings. The summed E-state index contributed by atoms with van der Waals surface area (Å²) in [6.45, 7) is -0.872. The van der Waals surface area contributed by atoms with E-state index >= 15 is 0 Å². The van der Waals surface area contributed by atoms with Gasteiger partial charge in [0.2, 0.25) is 6.79 Å². The highest BCUT2D eigenvalue weighted by molar-refractivity contribution is 7.86. The maximum Gasteiger partial charge on any atom is 0.335 e. The lowest BCUT2D eigenvalue weighted by molar-refractivity contribution is -0.184. The van der Waals surface area contributed by atoms with Crippen LogP contribution in [0.25, 0.3) is 0 Å². The van der Waals surface area contributed by atoms with Crippen LogP contribution in [0.15, 0.2) is 23.1 Å². The molecule has 0 aromatic heterocycles. The van der Waals surface area contributed by atoms with Crippen molar-refractivity contribution in [1.82, 2.24) is 0 Å². The molecule has 0 unspecified atom stereocenters. The van der Waals surface area contributed by atoms with Crippen LogP contribution < -0.4 is 9.47 Å². The lowest BCUT2D eigenvalue weighted by atomic mass is 10.3. The molecule has 0 bridgehead atoms. The number of benzene rings is 1. The number of para-hydroxylation sites is 1. The number of hydrogen-bond donors (Lipinski definition) is 0. The predicted molar refractivity (Wildman–Crippen MR) is 49.0 cm³/mol. The fraction of sp³-hybridized carbons (Fsp3) is 0.250. The van der Waals surface area contributed by atoms with Crippen LogP contribution in [0.2, 0.25) is 0 Å². The van der Waals surface area contributed by atoms with Crippen LogP contribution >= 0.6 is 0 Å². The smallest absolute Gasteiger partial charge is 0.335 e. The van der Waals surface area contributed by atoms with Crippen molar-refractivity contribution in [3.63, 3.8) is 0 Å². The van der Waals surface area contributed by atoms with Crippen molar-refractivity contribution >= 4 is 10.2 Å². The van der Waals surface area contributed by atoms with E-state index in [4.69, 9.17) is 4.74 Å². The Morgan fingerprint density at radius 3 is 2.56 bits per heavy atom. The number of rotatable bonds is 5. The van der Waals surface area contributed by atoms with Crippen molar-refractivity contribution in [1.29, 1.82) is 0 Å². The van der Waals surface area contributed by atoms with Crippen molar-refractivity contribution in [2.24, 2.45) is 0 Å². The Morgan fingerprint density at radius 2 is 2.06 bits per heavy atom. The van der Waals surface area contributed by atoms with E-state index in [0.29, 0.717) is 0 Å². The summed E-state index contributed by atoms with van der Waals surface area (Å²) in [6.07, 6.45) is 0. The molecular weight excluding hydrogens is 246 g/mol. The first kappa shape index (κ1) is 12.7. The van der Waals surface area contributed by atoms with Gasteiger partial charge in [-0.25, -0.2) is 0 Å². The molecule has 1 rings (SSSR count). The number of hydrogen-bond acceptors (Lipinski definition) is 5. The molecule has 0 saturated heterocycles.